The molecule has 31 heavy (non-hydrogen) atoms. The van der Waals surface area contributed by atoms with Crippen LogP contribution in [0.1, 0.15) is 37.5 Å². The van der Waals surface area contributed by atoms with Gasteiger partial charge in [0.1, 0.15) is 30.3 Å². The second-order valence-corrected chi connectivity index (χ2v) is 8.92. The van der Waals surface area contributed by atoms with Crippen LogP contribution >= 0.6 is 0 Å². The van der Waals surface area contributed by atoms with Gasteiger partial charge in [-0.05, 0) is 29.2 Å². The lowest BCUT2D eigenvalue weighted by Gasteiger charge is -2.34. The molecule has 2 aromatic carbocycles. The third-order valence-electron chi connectivity index (χ3n) is 5.47. The maximum Gasteiger partial charge on any atom is 0.170 e. The number of hydrogen-bond acceptors (Lipinski definition) is 5. The molecular formula is C25H22FN3O2. The van der Waals surface area contributed by atoms with E-state index in [0.29, 0.717) is 29.2 Å². The van der Waals surface area contributed by atoms with Gasteiger partial charge in [0.15, 0.2) is 11.9 Å². The summed E-state index contributed by atoms with van der Waals surface area (Å²) in [5, 5.41) is 0. The van der Waals surface area contributed by atoms with E-state index in [-0.39, 0.29) is 5.41 Å². The fraction of sp³-hybridized carbons (Fsp3) is 0.240. The van der Waals surface area contributed by atoms with E-state index in [4.69, 9.17) is 14.5 Å². The first-order valence-electron chi connectivity index (χ1n) is 10.1. The highest BCUT2D eigenvalue weighted by Crippen LogP contribution is 2.52. The SMILES string of the molecule is CC(C)(C)/C=C/c1ccc2c(c1)[C@]1(COC=N1)c1cc(-c3cncnc3)c(F)cc1O2. The minimum Gasteiger partial charge on any atom is -0.480 e. The summed E-state index contributed by atoms with van der Waals surface area (Å²) < 4.78 is 26.7. The molecule has 0 amide bonds. The van der Waals surface area contributed by atoms with Crippen molar-refractivity contribution in [3.05, 3.63) is 77.6 Å². The van der Waals surface area contributed by atoms with Gasteiger partial charge in [0.05, 0.1) is 0 Å². The topological polar surface area (TPSA) is 56.6 Å². The van der Waals surface area contributed by atoms with Gasteiger partial charge in [-0.15, -0.1) is 0 Å². The molecule has 0 N–H and O–H groups in total. The predicted octanol–water partition coefficient (Wildman–Crippen LogP) is 5.75. The Morgan fingerprint density at radius 1 is 1.03 bits per heavy atom. The fourth-order valence-corrected chi connectivity index (χ4v) is 3.91. The van der Waals surface area contributed by atoms with Crippen molar-refractivity contribution >= 4 is 12.5 Å². The van der Waals surface area contributed by atoms with Crippen molar-refractivity contribution in [3.63, 3.8) is 0 Å². The van der Waals surface area contributed by atoms with Crippen LogP contribution in [-0.2, 0) is 10.3 Å². The minimum absolute atomic E-state index is 0.0650. The van der Waals surface area contributed by atoms with Gasteiger partial charge in [-0.2, -0.15) is 0 Å². The van der Waals surface area contributed by atoms with Gasteiger partial charge >= 0.3 is 0 Å². The predicted molar refractivity (Wildman–Crippen MR) is 118 cm³/mol. The Bertz CT molecular complexity index is 1220. The molecule has 0 unspecified atom stereocenters. The smallest absolute Gasteiger partial charge is 0.170 e. The lowest BCUT2D eigenvalue weighted by Crippen LogP contribution is -2.31. The van der Waals surface area contributed by atoms with Crippen LogP contribution in [0, 0.1) is 11.2 Å². The molecule has 0 saturated heterocycles. The van der Waals surface area contributed by atoms with Crippen LogP contribution in [0.25, 0.3) is 17.2 Å². The zero-order valence-electron chi connectivity index (χ0n) is 17.6. The van der Waals surface area contributed by atoms with Crippen LogP contribution < -0.4 is 4.74 Å². The molecular weight excluding hydrogens is 393 g/mol. The molecule has 3 heterocycles. The Morgan fingerprint density at radius 3 is 2.52 bits per heavy atom. The van der Waals surface area contributed by atoms with E-state index in [1.54, 1.807) is 18.5 Å². The molecule has 2 aliphatic rings. The summed E-state index contributed by atoms with van der Waals surface area (Å²) in [6, 6.07) is 9.15. The molecule has 1 spiro atoms. The first kappa shape index (κ1) is 19.4. The number of aliphatic imine (C=N–C) groups is 1. The number of halogens is 1. The summed E-state index contributed by atoms with van der Waals surface area (Å²) in [5.41, 5.74) is 2.95. The maximum atomic E-state index is 15.0. The number of ether oxygens (including phenoxy) is 2. The normalized spacial score (nSPS) is 19.2. The molecule has 6 heteroatoms. The van der Waals surface area contributed by atoms with Gasteiger partial charge in [-0.3, -0.25) is 0 Å². The third kappa shape index (κ3) is 3.38. The van der Waals surface area contributed by atoms with E-state index in [9.17, 15) is 4.39 Å². The van der Waals surface area contributed by atoms with Crippen molar-refractivity contribution in [1.82, 2.24) is 9.97 Å². The number of hydrogen-bond donors (Lipinski definition) is 0. The van der Waals surface area contributed by atoms with Crippen molar-refractivity contribution in [2.75, 3.05) is 6.61 Å². The van der Waals surface area contributed by atoms with E-state index < -0.39 is 11.4 Å². The molecule has 5 rings (SSSR count). The fourth-order valence-electron chi connectivity index (χ4n) is 3.91. The molecule has 3 aromatic rings. The van der Waals surface area contributed by atoms with E-state index >= 15 is 0 Å². The van der Waals surface area contributed by atoms with Crippen LogP contribution in [0.15, 0.2) is 60.1 Å². The van der Waals surface area contributed by atoms with Crippen LogP contribution in [0.5, 0.6) is 11.5 Å². The maximum absolute atomic E-state index is 15.0. The number of allylic oxidation sites excluding steroid dienone is 1. The Morgan fingerprint density at radius 2 is 1.81 bits per heavy atom. The Kier molecular flexibility index (Phi) is 4.39. The summed E-state index contributed by atoms with van der Waals surface area (Å²) in [6.07, 6.45) is 10.3. The van der Waals surface area contributed by atoms with Crippen molar-refractivity contribution in [1.29, 1.82) is 0 Å². The molecule has 1 atom stereocenters. The lowest BCUT2D eigenvalue weighted by molar-refractivity contribution is 0.273. The molecule has 1 aromatic heterocycles. The third-order valence-corrected chi connectivity index (χ3v) is 5.47. The Hall–Kier alpha value is -3.54. The zero-order valence-corrected chi connectivity index (χ0v) is 17.6. The lowest BCUT2D eigenvalue weighted by atomic mass is 9.79. The van der Waals surface area contributed by atoms with Gasteiger partial charge in [-0.1, -0.05) is 39.0 Å². The molecule has 5 nitrogen and oxygen atoms in total. The van der Waals surface area contributed by atoms with Gasteiger partial charge in [0.2, 0.25) is 0 Å². The van der Waals surface area contributed by atoms with Gasteiger partial charge in [0.25, 0.3) is 0 Å². The van der Waals surface area contributed by atoms with E-state index in [2.05, 4.69) is 49.0 Å². The molecule has 0 radical (unpaired) electrons. The average molecular weight is 415 g/mol. The van der Waals surface area contributed by atoms with Crippen molar-refractivity contribution in [2.24, 2.45) is 10.4 Å². The molecule has 0 bridgehead atoms. The summed E-state index contributed by atoms with van der Waals surface area (Å²) in [5.74, 6) is 0.685. The molecule has 0 aliphatic carbocycles. The van der Waals surface area contributed by atoms with Crippen molar-refractivity contribution < 1.29 is 13.9 Å². The molecule has 156 valence electrons. The largest absolute Gasteiger partial charge is 0.480 e. The minimum atomic E-state index is -0.799. The summed E-state index contributed by atoms with van der Waals surface area (Å²) in [4.78, 5) is 12.8. The highest BCUT2D eigenvalue weighted by atomic mass is 19.1. The monoisotopic (exact) mass is 415 g/mol. The quantitative estimate of drug-likeness (QED) is 0.535. The highest BCUT2D eigenvalue weighted by molar-refractivity contribution is 5.71. The van der Waals surface area contributed by atoms with E-state index in [0.717, 1.165) is 16.7 Å². The van der Waals surface area contributed by atoms with Crippen LogP contribution in [-0.4, -0.2) is 23.0 Å². The van der Waals surface area contributed by atoms with Gasteiger partial charge in [-0.25, -0.2) is 19.4 Å². The number of aromatic nitrogens is 2. The van der Waals surface area contributed by atoms with Crippen molar-refractivity contribution in [2.45, 2.75) is 26.3 Å². The highest BCUT2D eigenvalue weighted by Gasteiger charge is 2.45. The molecule has 2 aliphatic heterocycles. The first-order valence-corrected chi connectivity index (χ1v) is 10.1. The number of nitrogens with zero attached hydrogens (tertiary/aromatic N) is 3. The van der Waals surface area contributed by atoms with Crippen LogP contribution in [0.2, 0.25) is 0 Å². The number of benzene rings is 2. The average Bonchev–Trinajstić information content (AvgIpc) is 3.23. The Balaban J connectivity index is 1.68. The van der Waals surface area contributed by atoms with Gasteiger partial charge < -0.3 is 9.47 Å². The summed E-state index contributed by atoms with van der Waals surface area (Å²) in [6.45, 7) is 6.78. The summed E-state index contributed by atoms with van der Waals surface area (Å²) >= 11 is 0. The van der Waals surface area contributed by atoms with E-state index in [1.807, 2.05) is 12.1 Å². The summed E-state index contributed by atoms with van der Waals surface area (Å²) in [7, 11) is 0. The van der Waals surface area contributed by atoms with Crippen LogP contribution in [0.3, 0.4) is 0 Å². The van der Waals surface area contributed by atoms with E-state index in [1.165, 1.54) is 18.8 Å². The first-order chi connectivity index (χ1) is 14.9. The molecule has 0 saturated carbocycles. The van der Waals surface area contributed by atoms with Crippen LogP contribution in [0.4, 0.5) is 4.39 Å². The number of rotatable bonds is 2. The van der Waals surface area contributed by atoms with Crippen molar-refractivity contribution in [3.8, 4) is 22.6 Å². The Labute approximate surface area is 180 Å². The second kappa shape index (κ2) is 7.01. The van der Waals surface area contributed by atoms with Gasteiger partial charge in [0, 0.05) is 40.7 Å². The zero-order chi connectivity index (χ0) is 21.6. The molecule has 0 fully saturated rings. The second-order valence-electron chi connectivity index (χ2n) is 8.92. The standard InChI is InChI=1S/C25H22FN3O2/c1-24(2,3)7-6-16-4-5-22-19(8-16)25(13-30-15-29-25)20-9-18(17-11-27-14-28-12-17)21(26)10-23(20)31-22/h4-12,14-15H,13H2,1-3H3/b7-6+/t25-/m1/s1. The number of fused-ring (bicyclic) bond motifs is 4.